The van der Waals surface area contributed by atoms with E-state index in [1.54, 1.807) is 12.1 Å². The predicted molar refractivity (Wildman–Crippen MR) is 108 cm³/mol. The van der Waals surface area contributed by atoms with Crippen molar-refractivity contribution in [3.63, 3.8) is 0 Å². The van der Waals surface area contributed by atoms with Crippen molar-refractivity contribution in [2.45, 2.75) is 18.9 Å². The van der Waals surface area contributed by atoms with Crippen LogP contribution in [0.1, 0.15) is 21.7 Å². The number of nitrogens with zero attached hydrogens (tertiary/aromatic N) is 1. The van der Waals surface area contributed by atoms with Crippen molar-refractivity contribution in [1.29, 1.82) is 0 Å². The minimum absolute atomic E-state index is 0.361. The summed E-state index contributed by atoms with van der Waals surface area (Å²) in [4.78, 5) is 12.8. The van der Waals surface area contributed by atoms with Gasteiger partial charge in [0.05, 0.1) is 5.54 Å². The van der Waals surface area contributed by atoms with E-state index >= 15 is 0 Å². The van der Waals surface area contributed by atoms with Crippen LogP contribution in [0.2, 0.25) is 5.02 Å². The van der Waals surface area contributed by atoms with Gasteiger partial charge in [-0.05, 0) is 60.7 Å². The van der Waals surface area contributed by atoms with Crippen LogP contribution < -0.4 is 16.2 Å². The van der Waals surface area contributed by atoms with Crippen molar-refractivity contribution in [3.05, 3.63) is 75.2 Å². The summed E-state index contributed by atoms with van der Waals surface area (Å²) < 4.78 is 23.5. The van der Waals surface area contributed by atoms with Gasteiger partial charge in [-0.25, -0.2) is 0 Å². The lowest BCUT2D eigenvalue weighted by molar-refractivity contribution is 0.539. The number of halogens is 1. The van der Waals surface area contributed by atoms with Crippen LogP contribution >= 0.6 is 11.6 Å². The predicted octanol–water partition coefficient (Wildman–Crippen LogP) is 3.80. The number of aryl methyl sites for hydroxylation is 1. The Morgan fingerprint density at radius 1 is 1.31 bits per heavy atom. The molecule has 5 heteroatoms. The van der Waals surface area contributed by atoms with Crippen LogP contribution in [0, 0.1) is 6.92 Å². The van der Waals surface area contributed by atoms with Crippen molar-refractivity contribution in [1.82, 2.24) is 9.88 Å². The van der Waals surface area contributed by atoms with Crippen LogP contribution in [0.25, 0.3) is 10.8 Å². The molecule has 0 spiro atoms. The third kappa shape index (κ3) is 2.79. The molecule has 4 nitrogen and oxygen atoms in total. The number of anilines is 1. The van der Waals surface area contributed by atoms with Gasteiger partial charge < -0.3 is 15.2 Å². The number of hydrogen-bond donors (Lipinski definition) is 2. The van der Waals surface area contributed by atoms with Crippen LogP contribution in [-0.2, 0) is 12.5 Å². The fourth-order valence-electron chi connectivity index (χ4n) is 3.81. The summed E-state index contributed by atoms with van der Waals surface area (Å²) in [5.41, 5.74) is 2.02. The fourth-order valence-corrected chi connectivity index (χ4v) is 3.99. The minimum Gasteiger partial charge on any atom is -0.374 e. The van der Waals surface area contributed by atoms with Gasteiger partial charge in [0.1, 0.15) is 0 Å². The zero-order chi connectivity index (χ0) is 20.8. The second kappa shape index (κ2) is 6.45. The van der Waals surface area contributed by atoms with Crippen molar-refractivity contribution in [2.24, 2.45) is 6.98 Å². The Kier molecular flexibility index (Phi) is 3.44. The first-order valence-corrected chi connectivity index (χ1v) is 8.99. The molecule has 1 fully saturated rings. The molecule has 1 aliphatic rings. The number of nitrogens with one attached hydrogen (secondary N) is 2. The Bertz CT molecular complexity index is 1130. The zero-order valence-corrected chi connectivity index (χ0v) is 15.2. The molecule has 2 aromatic carbocycles. The van der Waals surface area contributed by atoms with E-state index in [1.165, 1.54) is 6.20 Å². The van der Waals surface area contributed by atoms with Crippen LogP contribution in [0.5, 0.6) is 0 Å². The van der Waals surface area contributed by atoms with E-state index in [9.17, 15) is 4.79 Å². The van der Waals surface area contributed by atoms with Crippen LogP contribution in [-0.4, -0.2) is 17.7 Å². The summed E-state index contributed by atoms with van der Waals surface area (Å²) in [6, 6.07) is 13.0. The molecule has 0 saturated carbocycles. The number of pyridine rings is 1. The molecule has 0 amide bonds. The van der Waals surface area contributed by atoms with E-state index in [2.05, 4.69) is 16.7 Å². The van der Waals surface area contributed by atoms with Crippen molar-refractivity contribution in [3.8, 4) is 0 Å². The smallest absolute Gasteiger partial charge is 0.258 e. The Labute approximate surface area is 162 Å². The van der Waals surface area contributed by atoms with Crippen molar-refractivity contribution < 1.29 is 4.11 Å². The molecule has 26 heavy (non-hydrogen) atoms. The third-order valence-corrected chi connectivity index (χ3v) is 5.64. The molecule has 0 bridgehead atoms. The van der Waals surface area contributed by atoms with E-state index in [0.29, 0.717) is 10.8 Å². The molecule has 2 N–H and O–H groups in total. The van der Waals surface area contributed by atoms with Gasteiger partial charge >= 0.3 is 0 Å². The molecule has 4 rings (SSSR count). The second-order valence-corrected chi connectivity index (χ2v) is 7.25. The highest BCUT2D eigenvalue weighted by molar-refractivity contribution is 6.31. The third-order valence-electron chi connectivity index (χ3n) is 5.23. The highest BCUT2D eigenvalue weighted by Gasteiger charge is 2.37. The molecule has 134 valence electrons. The maximum absolute atomic E-state index is 12.8. The highest BCUT2D eigenvalue weighted by Crippen LogP contribution is 2.36. The topological polar surface area (TPSA) is 46.1 Å². The summed E-state index contributed by atoms with van der Waals surface area (Å²) >= 11 is 6.37. The summed E-state index contributed by atoms with van der Waals surface area (Å²) in [6.45, 7) is 1.08. The van der Waals surface area contributed by atoms with Gasteiger partial charge in [0, 0.05) is 39.9 Å². The molecular formula is C21H22ClN3O. The highest BCUT2D eigenvalue weighted by atomic mass is 35.5. The maximum atomic E-state index is 12.8. The molecule has 1 aromatic heterocycles. The Hall–Kier alpha value is -2.30. The first kappa shape index (κ1) is 13.8. The second-order valence-electron chi connectivity index (χ2n) is 6.84. The lowest BCUT2D eigenvalue weighted by Crippen LogP contribution is -2.38. The number of rotatable bonds is 3. The number of benzene rings is 2. The Balaban J connectivity index is 1.80. The molecule has 1 saturated heterocycles. The molecule has 1 atom stereocenters. The van der Waals surface area contributed by atoms with Crippen LogP contribution in [0.15, 0.2) is 53.5 Å². The van der Waals surface area contributed by atoms with E-state index in [1.807, 2.05) is 31.2 Å². The summed E-state index contributed by atoms with van der Waals surface area (Å²) in [5, 5.41) is 8.81. The van der Waals surface area contributed by atoms with Crippen molar-refractivity contribution in [2.75, 3.05) is 18.4 Å². The lowest BCUT2D eigenvalue weighted by Gasteiger charge is -2.33. The van der Waals surface area contributed by atoms with Crippen LogP contribution in [0.4, 0.5) is 5.69 Å². The number of hydrogen-bond acceptors (Lipinski definition) is 3. The molecular weight excluding hydrogens is 346 g/mol. The maximum Gasteiger partial charge on any atom is 0.258 e. The molecule has 0 aliphatic carbocycles. The summed E-state index contributed by atoms with van der Waals surface area (Å²) in [7, 11) is 0. The van der Waals surface area contributed by atoms with Gasteiger partial charge in [-0.15, -0.1) is 0 Å². The van der Waals surface area contributed by atoms with Crippen LogP contribution in [0.3, 0.4) is 0 Å². The number of aromatic nitrogens is 1. The SMILES string of the molecule is [2H]C([2H])([2H])n1ccc2ccc(NC3(c4cccc(Cl)c4C)CCNC3)cc2c1=O. The van der Waals surface area contributed by atoms with Gasteiger partial charge in [0.2, 0.25) is 0 Å². The Morgan fingerprint density at radius 3 is 2.96 bits per heavy atom. The van der Waals surface area contributed by atoms with Crippen molar-refractivity contribution >= 4 is 28.1 Å². The van der Waals surface area contributed by atoms with Gasteiger partial charge in [-0.3, -0.25) is 4.79 Å². The van der Waals surface area contributed by atoms with Gasteiger partial charge in [0.25, 0.3) is 5.56 Å². The molecule has 2 heterocycles. The minimum atomic E-state index is -2.51. The first-order chi connectivity index (χ1) is 13.7. The summed E-state index contributed by atoms with van der Waals surface area (Å²) in [6.07, 6.45) is 2.18. The molecule has 0 radical (unpaired) electrons. The first-order valence-electron chi connectivity index (χ1n) is 10.1. The average molecular weight is 371 g/mol. The van der Waals surface area contributed by atoms with Gasteiger partial charge in [-0.1, -0.05) is 29.8 Å². The molecule has 1 aliphatic heterocycles. The lowest BCUT2D eigenvalue weighted by atomic mass is 9.85. The van der Waals surface area contributed by atoms with E-state index in [4.69, 9.17) is 15.7 Å². The quantitative estimate of drug-likeness (QED) is 0.737. The average Bonchev–Trinajstić information content (AvgIpc) is 3.13. The molecule has 3 aromatic rings. The Morgan fingerprint density at radius 2 is 2.19 bits per heavy atom. The fraction of sp³-hybridized carbons (Fsp3) is 0.286. The van der Waals surface area contributed by atoms with E-state index < -0.39 is 12.5 Å². The van der Waals surface area contributed by atoms with Gasteiger partial charge in [0.15, 0.2) is 0 Å². The zero-order valence-electron chi connectivity index (χ0n) is 17.5. The summed E-state index contributed by atoms with van der Waals surface area (Å²) in [5.74, 6) is 0. The van der Waals surface area contributed by atoms with E-state index in [-0.39, 0.29) is 5.54 Å². The molecule has 1 unspecified atom stereocenters. The van der Waals surface area contributed by atoms with Gasteiger partial charge in [-0.2, -0.15) is 0 Å². The number of fused-ring (bicyclic) bond motifs is 1. The monoisotopic (exact) mass is 370 g/mol. The normalized spacial score (nSPS) is 22.0. The standard InChI is InChI=1S/C21H22ClN3O/c1-14-18(4-3-5-19(14)22)21(9-10-23-13-21)24-16-7-6-15-8-11-25(2)20(26)17(15)12-16/h3-8,11-12,23-24H,9-10,13H2,1-2H3/i2D3. The largest absolute Gasteiger partial charge is 0.374 e. The van der Waals surface area contributed by atoms with E-state index in [0.717, 1.165) is 45.9 Å².